The molecule has 0 saturated carbocycles. The van der Waals surface area contributed by atoms with Crippen molar-refractivity contribution in [2.24, 2.45) is 7.05 Å². The van der Waals surface area contributed by atoms with Gasteiger partial charge in [-0.05, 0) is 37.1 Å². The molecular formula is C23H22N6O2. The van der Waals surface area contributed by atoms with Gasteiger partial charge in [0.2, 0.25) is 0 Å². The van der Waals surface area contributed by atoms with Gasteiger partial charge in [0.1, 0.15) is 11.5 Å². The molecule has 1 aliphatic heterocycles. The average Bonchev–Trinajstić information content (AvgIpc) is 3.13. The highest BCUT2D eigenvalue weighted by Gasteiger charge is 2.29. The van der Waals surface area contributed by atoms with Crippen molar-refractivity contribution in [3.63, 3.8) is 0 Å². The molecule has 1 fully saturated rings. The molecule has 0 unspecified atom stereocenters. The summed E-state index contributed by atoms with van der Waals surface area (Å²) in [6.07, 6.45) is 3.01. The topological polar surface area (TPSA) is 85.9 Å². The van der Waals surface area contributed by atoms with Crippen LogP contribution in [0.2, 0.25) is 0 Å². The Labute approximate surface area is 178 Å². The molecule has 156 valence electrons. The molecule has 2 aromatic carbocycles. The van der Waals surface area contributed by atoms with Gasteiger partial charge in [0.15, 0.2) is 0 Å². The molecular weight excluding hydrogens is 392 g/mol. The molecule has 0 bridgehead atoms. The Morgan fingerprint density at radius 1 is 0.968 bits per heavy atom. The number of benzene rings is 2. The number of rotatable bonds is 3. The molecule has 0 radical (unpaired) electrons. The highest BCUT2D eigenvalue weighted by molar-refractivity contribution is 5.93. The largest absolute Gasteiger partial charge is 0.350 e. The Kier molecular flexibility index (Phi) is 4.82. The molecule has 2 aromatic heterocycles. The van der Waals surface area contributed by atoms with Crippen molar-refractivity contribution >= 4 is 16.9 Å². The average molecular weight is 414 g/mol. The SMILES string of the molecule is Cn1nc(C2CCN(C(=O)c3cnc4ccccc4n3)CC2)n(-c2ccccc2)c1=O. The van der Waals surface area contributed by atoms with Crippen LogP contribution in [0, 0.1) is 0 Å². The predicted octanol–water partition coefficient (Wildman–Crippen LogP) is 2.53. The Morgan fingerprint density at radius 2 is 1.65 bits per heavy atom. The van der Waals surface area contributed by atoms with E-state index in [2.05, 4.69) is 15.1 Å². The van der Waals surface area contributed by atoms with Gasteiger partial charge in [0.25, 0.3) is 5.91 Å². The monoisotopic (exact) mass is 414 g/mol. The first-order valence-corrected chi connectivity index (χ1v) is 10.3. The number of hydrogen-bond donors (Lipinski definition) is 0. The number of fused-ring (bicyclic) bond motifs is 1. The summed E-state index contributed by atoms with van der Waals surface area (Å²) in [4.78, 5) is 36.3. The molecule has 0 aliphatic carbocycles. The summed E-state index contributed by atoms with van der Waals surface area (Å²) in [7, 11) is 1.67. The van der Waals surface area contributed by atoms with Crippen LogP contribution in [0.3, 0.4) is 0 Å². The normalized spacial score (nSPS) is 14.8. The van der Waals surface area contributed by atoms with E-state index in [0.717, 1.165) is 29.9 Å². The maximum atomic E-state index is 13.0. The molecule has 5 rings (SSSR count). The van der Waals surface area contributed by atoms with Crippen LogP contribution >= 0.6 is 0 Å². The van der Waals surface area contributed by atoms with Crippen LogP contribution in [0.4, 0.5) is 0 Å². The molecule has 0 atom stereocenters. The lowest BCUT2D eigenvalue weighted by atomic mass is 9.95. The summed E-state index contributed by atoms with van der Waals surface area (Å²) < 4.78 is 3.06. The standard InChI is InChI=1S/C23H22N6O2/c1-27-23(31)29(17-7-3-2-4-8-17)21(26-27)16-11-13-28(14-12-16)22(30)20-15-24-18-9-5-6-10-19(18)25-20/h2-10,15-16H,11-14H2,1H3. The third-order valence-corrected chi connectivity index (χ3v) is 5.78. The van der Waals surface area contributed by atoms with Gasteiger partial charge in [-0.2, -0.15) is 5.10 Å². The molecule has 0 spiro atoms. The molecule has 31 heavy (non-hydrogen) atoms. The van der Waals surface area contributed by atoms with E-state index in [9.17, 15) is 9.59 Å². The van der Waals surface area contributed by atoms with Crippen molar-refractivity contribution < 1.29 is 4.79 Å². The Balaban J connectivity index is 1.35. The van der Waals surface area contributed by atoms with Crippen LogP contribution in [0.15, 0.2) is 65.6 Å². The maximum absolute atomic E-state index is 13.0. The van der Waals surface area contributed by atoms with Gasteiger partial charge in [-0.15, -0.1) is 0 Å². The third-order valence-electron chi connectivity index (χ3n) is 5.78. The van der Waals surface area contributed by atoms with E-state index in [-0.39, 0.29) is 17.5 Å². The zero-order valence-corrected chi connectivity index (χ0v) is 17.2. The van der Waals surface area contributed by atoms with E-state index in [0.29, 0.717) is 24.3 Å². The lowest BCUT2D eigenvalue weighted by Gasteiger charge is -2.31. The number of hydrogen-bond acceptors (Lipinski definition) is 5. The molecule has 1 aliphatic rings. The summed E-state index contributed by atoms with van der Waals surface area (Å²) in [5.41, 5.74) is 2.48. The fourth-order valence-corrected chi connectivity index (χ4v) is 4.13. The minimum absolute atomic E-state index is 0.0980. The number of nitrogens with zero attached hydrogens (tertiary/aromatic N) is 6. The second kappa shape index (κ2) is 7.79. The molecule has 3 heterocycles. The second-order valence-electron chi connectivity index (χ2n) is 7.75. The number of piperidine rings is 1. The first kappa shape index (κ1) is 19.2. The minimum atomic E-state index is -0.161. The number of carbonyl (C=O) groups is 1. The van der Waals surface area contributed by atoms with Gasteiger partial charge in [-0.25, -0.2) is 19.0 Å². The van der Waals surface area contributed by atoms with Crippen molar-refractivity contribution in [3.05, 3.63) is 82.8 Å². The lowest BCUT2D eigenvalue weighted by Crippen LogP contribution is -2.39. The van der Waals surface area contributed by atoms with E-state index >= 15 is 0 Å². The van der Waals surface area contributed by atoms with Crippen molar-refractivity contribution in [1.29, 1.82) is 0 Å². The summed E-state index contributed by atoms with van der Waals surface area (Å²) in [5, 5.41) is 4.51. The Morgan fingerprint density at radius 3 is 2.39 bits per heavy atom. The molecule has 1 saturated heterocycles. The number of carbonyl (C=O) groups excluding carboxylic acids is 1. The summed E-state index contributed by atoms with van der Waals surface area (Å²) in [6, 6.07) is 17.1. The van der Waals surface area contributed by atoms with Crippen LogP contribution < -0.4 is 5.69 Å². The van der Waals surface area contributed by atoms with E-state index in [1.165, 1.54) is 4.68 Å². The molecule has 1 amide bonds. The fourth-order valence-electron chi connectivity index (χ4n) is 4.13. The molecule has 4 aromatic rings. The van der Waals surface area contributed by atoms with Crippen molar-refractivity contribution in [1.82, 2.24) is 29.2 Å². The number of para-hydroxylation sites is 3. The third kappa shape index (κ3) is 3.50. The zero-order chi connectivity index (χ0) is 21.4. The second-order valence-corrected chi connectivity index (χ2v) is 7.75. The number of amides is 1. The van der Waals surface area contributed by atoms with E-state index in [1.54, 1.807) is 17.8 Å². The maximum Gasteiger partial charge on any atom is 0.350 e. The summed E-state index contributed by atoms with van der Waals surface area (Å²) >= 11 is 0. The first-order valence-electron chi connectivity index (χ1n) is 10.3. The first-order chi connectivity index (χ1) is 15.1. The molecule has 0 N–H and O–H groups in total. The summed E-state index contributed by atoms with van der Waals surface area (Å²) in [6.45, 7) is 1.16. The fraction of sp³-hybridized carbons (Fsp3) is 0.261. The van der Waals surface area contributed by atoms with Gasteiger partial charge in [0, 0.05) is 26.1 Å². The van der Waals surface area contributed by atoms with Gasteiger partial charge in [-0.3, -0.25) is 9.78 Å². The highest BCUT2D eigenvalue weighted by atomic mass is 16.2. The zero-order valence-electron chi connectivity index (χ0n) is 17.2. The lowest BCUT2D eigenvalue weighted by molar-refractivity contribution is 0.0704. The number of aromatic nitrogens is 5. The smallest absolute Gasteiger partial charge is 0.337 e. The Hall–Kier alpha value is -3.81. The van der Waals surface area contributed by atoms with E-state index < -0.39 is 0 Å². The quantitative estimate of drug-likeness (QED) is 0.514. The van der Waals surface area contributed by atoms with E-state index in [4.69, 9.17) is 0 Å². The van der Waals surface area contributed by atoms with E-state index in [1.807, 2.05) is 59.5 Å². The van der Waals surface area contributed by atoms with Crippen LogP contribution in [0.25, 0.3) is 16.7 Å². The minimum Gasteiger partial charge on any atom is -0.337 e. The molecule has 8 heteroatoms. The van der Waals surface area contributed by atoms with Crippen LogP contribution in [-0.4, -0.2) is 48.2 Å². The van der Waals surface area contributed by atoms with Gasteiger partial charge in [0.05, 0.1) is 22.9 Å². The van der Waals surface area contributed by atoms with Gasteiger partial charge >= 0.3 is 5.69 Å². The van der Waals surface area contributed by atoms with Crippen molar-refractivity contribution in [2.45, 2.75) is 18.8 Å². The van der Waals surface area contributed by atoms with Crippen LogP contribution in [0.1, 0.15) is 35.1 Å². The molecule has 8 nitrogen and oxygen atoms in total. The summed E-state index contributed by atoms with van der Waals surface area (Å²) in [5.74, 6) is 0.732. The van der Waals surface area contributed by atoms with Crippen LogP contribution in [-0.2, 0) is 7.05 Å². The number of aryl methyl sites for hydroxylation is 1. The highest BCUT2D eigenvalue weighted by Crippen LogP contribution is 2.28. The predicted molar refractivity (Wildman–Crippen MR) is 116 cm³/mol. The number of likely N-dealkylation sites (tertiary alicyclic amines) is 1. The van der Waals surface area contributed by atoms with Crippen molar-refractivity contribution in [2.75, 3.05) is 13.1 Å². The van der Waals surface area contributed by atoms with Gasteiger partial charge in [-0.1, -0.05) is 30.3 Å². The van der Waals surface area contributed by atoms with Gasteiger partial charge < -0.3 is 4.90 Å². The van der Waals surface area contributed by atoms with Crippen LogP contribution in [0.5, 0.6) is 0 Å². The van der Waals surface area contributed by atoms with Crippen molar-refractivity contribution in [3.8, 4) is 5.69 Å². The Bertz CT molecular complexity index is 1300.